The van der Waals surface area contributed by atoms with Crippen molar-refractivity contribution in [3.05, 3.63) is 26.9 Å². The van der Waals surface area contributed by atoms with Gasteiger partial charge >= 0.3 is 0 Å². The molecule has 0 aliphatic rings. The summed E-state index contributed by atoms with van der Waals surface area (Å²) >= 11 is 2.54. The molecule has 0 saturated heterocycles. The Hall–Kier alpha value is -0.960. The molecule has 0 bridgehead atoms. The first-order valence-electron chi connectivity index (χ1n) is 6.32. The lowest BCUT2D eigenvalue weighted by Gasteiger charge is -2.14. The number of thiophene rings is 1. The average Bonchev–Trinajstić information content (AvgIpc) is 2.94. The zero-order valence-corrected chi connectivity index (χ0v) is 14.7. The molecule has 0 spiro atoms. The lowest BCUT2D eigenvalue weighted by atomic mass is 9.93. The van der Waals surface area contributed by atoms with Gasteiger partial charge in [-0.15, -0.1) is 22.7 Å². The molecule has 0 aromatic carbocycles. The Morgan fingerprint density at radius 3 is 2.52 bits per heavy atom. The molecule has 116 valence electrons. The molecule has 0 fully saturated rings. The summed E-state index contributed by atoms with van der Waals surface area (Å²) in [4.78, 5) is 5.81. The summed E-state index contributed by atoms with van der Waals surface area (Å²) < 4.78 is 27.3. The SMILES string of the molecule is Cc1sc(CO)cc1S(=O)(=O)Nc1nc(C(C)(C)C)cs1. The van der Waals surface area contributed by atoms with Crippen molar-refractivity contribution in [3.63, 3.8) is 0 Å². The van der Waals surface area contributed by atoms with Gasteiger partial charge in [-0.05, 0) is 13.0 Å². The number of anilines is 1. The second kappa shape index (κ2) is 5.68. The molecule has 0 amide bonds. The monoisotopic (exact) mass is 346 g/mol. The maximum Gasteiger partial charge on any atom is 0.264 e. The molecule has 2 aromatic heterocycles. The number of aromatic nitrogens is 1. The van der Waals surface area contributed by atoms with Crippen LogP contribution in [0.3, 0.4) is 0 Å². The molecule has 0 radical (unpaired) electrons. The fourth-order valence-corrected chi connectivity index (χ4v) is 5.39. The summed E-state index contributed by atoms with van der Waals surface area (Å²) in [5.74, 6) is 0. The molecule has 2 rings (SSSR count). The second-order valence-electron chi connectivity index (χ2n) is 5.68. The third-order valence-corrected chi connectivity index (χ3v) is 6.38. The van der Waals surface area contributed by atoms with Crippen LogP contribution in [-0.4, -0.2) is 18.5 Å². The number of nitrogens with zero attached hydrogens (tertiary/aromatic N) is 1. The summed E-state index contributed by atoms with van der Waals surface area (Å²) in [7, 11) is -3.67. The number of aliphatic hydroxyl groups is 1. The van der Waals surface area contributed by atoms with Crippen molar-refractivity contribution in [2.24, 2.45) is 0 Å². The highest BCUT2D eigenvalue weighted by Gasteiger charge is 2.23. The molecule has 5 nitrogen and oxygen atoms in total. The van der Waals surface area contributed by atoms with E-state index >= 15 is 0 Å². The van der Waals surface area contributed by atoms with E-state index in [0.29, 0.717) is 14.9 Å². The molecular formula is C13H18N2O3S3. The first kappa shape index (κ1) is 16.4. The zero-order valence-electron chi connectivity index (χ0n) is 12.3. The number of nitrogens with one attached hydrogen (secondary N) is 1. The van der Waals surface area contributed by atoms with Crippen LogP contribution in [0, 0.1) is 6.92 Å². The van der Waals surface area contributed by atoms with Gasteiger partial charge in [0.05, 0.1) is 12.3 Å². The molecule has 2 aromatic rings. The van der Waals surface area contributed by atoms with E-state index in [1.807, 2.05) is 26.2 Å². The maximum absolute atomic E-state index is 12.4. The minimum absolute atomic E-state index is 0.122. The van der Waals surface area contributed by atoms with E-state index in [9.17, 15) is 8.42 Å². The van der Waals surface area contributed by atoms with Crippen LogP contribution < -0.4 is 4.72 Å². The van der Waals surface area contributed by atoms with Crippen molar-refractivity contribution in [1.29, 1.82) is 0 Å². The third-order valence-electron chi connectivity index (χ3n) is 2.86. The molecule has 0 aliphatic carbocycles. The van der Waals surface area contributed by atoms with Crippen molar-refractivity contribution < 1.29 is 13.5 Å². The molecule has 0 atom stereocenters. The fraction of sp³-hybridized carbons (Fsp3) is 0.462. The van der Waals surface area contributed by atoms with Gasteiger partial charge in [0.15, 0.2) is 5.13 Å². The minimum atomic E-state index is -3.67. The molecular weight excluding hydrogens is 328 g/mol. The number of aliphatic hydroxyl groups excluding tert-OH is 1. The average molecular weight is 346 g/mol. The molecule has 2 N–H and O–H groups in total. The van der Waals surface area contributed by atoms with Crippen LogP contribution in [-0.2, 0) is 22.0 Å². The van der Waals surface area contributed by atoms with E-state index in [2.05, 4.69) is 9.71 Å². The number of aryl methyl sites for hydroxylation is 1. The van der Waals surface area contributed by atoms with E-state index in [1.165, 1.54) is 28.7 Å². The van der Waals surface area contributed by atoms with Crippen LogP contribution in [0.15, 0.2) is 16.3 Å². The number of rotatable bonds is 4. The van der Waals surface area contributed by atoms with Gasteiger partial charge in [-0.25, -0.2) is 13.4 Å². The highest BCUT2D eigenvalue weighted by molar-refractivity contribution is 7.93. The van der Waals surface area contributed by atoms with Gasteiger partial charge in [-0.1, -0.05) is 20.8 Å². The van der Waals surface area contributed by atoms with Crippen molar-refractivity contribution in [1.82, 2.24) is 4.98 Å². The van der Waals surface area contributed by atoms with Crippen LogP contribution in [0.5, 0.6) is 0 Å². The summed E-state index contributed by atoms with van der Waals surface area (Å²) in [6.07, 6.45) is 0. The minimum Gasteiger partial charge on any atom is -0.391 e. The van der Waals surface area contributed by atoms with Gasteiger partial charge in [0.25, 0.3) is 10.0 Å². The van der Waals surface area contributed by atoms with Gasteiger partial charge in [-0.2, -0.15) is 0 Å². The van der Waals surface area contributed by atoms with Gasteiger partial charge in [-0.3, -0.25) is 4.72 Å². The van der Waals surface area contributed by atoms with Gasteiger partial charge < -0.3 is 5.11 Å². The number of sulfonamides is 1. The normalized spacial score (nSPS) is 12.6. The second-order valence-corrected chi connectivity index (χ2v) is 9.53. The van der Waals surface area contributed by atoms with Crippen LogP contribution in [0.25, 0.3) is 0 Å². The summed E-state index contributed by atoms with van der Waals surface area (Å²) in [6.45, 7) is 7.64. The third kappa shape index (κ3) is 3.63. The van der Waals surface area contributed by atoms with Crippen LogP contribution in [0.2, 0.25) is 0 Å². The predicted molar refractivity (Wildman–Crippen MR) is 86.6 cm³/mol. The van der Waals surface area contributed by atoms with Crippen LogP contribution in [0.1, 0.15) is 36.2 Å². The summed E-state index contributed by atoms with van der Waals surface area (Å²) in [5.41, 5.74) is 0.728. The molecule has 0 aliphatic heterocycles. The highest BCUT2D eigenvalue weighted by Crippen LogP contribution is 2.30. The Morgan fingerprint density at radius 2 is 2.05 bits per heavy atom. The van der Waals surface area contributed by atoms with Crippen LogP contribution >= 0.6 is 22.7 Å². The standard InChI is InChI=1S/C13H18N2O3S3/c1-8-10(5-9(6-16)20-8)21(17,18)15-12-14-11(7-19-12)13(2,3)4/h5,7,16H,6H2,1-4H3,(H,14,15). The molecule has 0 saturated carbocycles. The van der Waals surface area contributed by atoms with E-state index in [0.717, 1.165) is 5.69 Å². The highest BCUT2D eigenvalue weighted by atomic mass is 32.2. The Kier molecular flexibility index (Phi) is 4.44. The Labute approximate surface area is 132 Å². The maximum atomic E-state index is 12.4. The first-order chi connectivity index (χ1) is 9.63. The Bertz CT molecular complexity index is 739. The van der Waals surface area contributed by atoms with E-state index in [4.69, 9.17) is 5.11 Å². The summed E-state index contributed by atoms with van der Waals surface area (Å²) in [5, 5.41) is 11.3. The van der Waals surface area contributed by atoms with Crippen molar-refractivity contribution >= 4 is 37.8 Å². The summed E-state index contributed by atoms with van der Waals surface area (Å²) in [6, 6.07) is 1.50. The quantitative estimate of drug-likeness (QED) is 0.891. The lowest BCUT2D eigenvalue weighted by Crippen LogP contribution is -2.15. The van der Waals surface area contributed by atoms with Gasteiger partial charge in [0.1, 0.15) is 4.90 Å². The van der Waals surface area contributed by atoms with Gasteiger partial charge in [0, 0.05) is 20.5 Å². The lowest BCUT2D eigenvalue weighted by molar-refractivity contribution is 0.285. The largest absolute Gasteiger partial charge is 0.391 e. The van der Waals surface area contributed by atoms with E-state index in [1.54, 1.807) is 6.92 Å². The van der Waals surface area contributed by atoms with Crippen molar-refractivity contribution in [2.75, 3.05) is 4.72 Å². The fourth-order valence-electron chi connectivity index (χ4n) is 1.70. The zero-order chi connectivity index (χ0) is 15.8. The molecule has 2 heterocycles. The number of hydrogen-bond acceptors (Lipinski definition) is 6. The number of hydrogen-bond donors (Lipinski definition) is 2. The van der Waals surface area contributed by atoms with Crippen LogP contribution in [0.4, 0.5) is 5.13 Å². The molecule has 8 heteroatoms. The first-order valence-corrected chi connectivity index (χ1v) is 9.50. The topological polar surface area (TPSA) is 79.3 Å². The Balaban J connectivity index is 2.29. The Morgan fingerprint density at radius 1 is 1.38 bits per heavy atom. The van der Waals surface area contributed by atoms with Gasteiger partial charge in [0.2, 0.25) is 0 Å². The predicted octanol–water partition coefficient (Wildman–Crippen LogP) is 3.10. The molecule has 0 unspecified atom stereocenters. The molecule has 21 heavy (non-hydrogen) atoms. The van der Waals surface area contributed by atoms with E-state index in [-0.39, 0.29) is 16.9 Å². The van der Waals surface area contributed by atoms with Crippen molar-refractivity contribution in [3.8, 4) is 0 Å². The smallest absolute Gasteiger partial charge is 0.264 e. The number of thiazole rings is 1. The van der Waals surface area contributed by atoms with Crippen molar-refractivity contribution in [2.45, 2.75) is 44.6 Å². The van der Waals surface area contributed by atoms with E-state index < -0.39 is 10.0 Å².